The van der Waals surface area contributed by atoms with Gasteiger partial charge >= 0.3 is 0 Å². The highest BCUT2D eigenvalue weighted by Crippen LogP contribution is 2.35. The highest BCUT2D eigenvalue weighted by atomic mass is 16.5. The fraction of sp³-hybridized carbons (Fsp3) is 0.185. The molecule has 2 heterocycles. The zero-order chi connectivity index (χ0) is 23.5. The van der Waals surface area contributed by atoms with E-state index in [-0.39, 0.29) is 12.0 Å². The zero-order valence-corrected chi connectivity index (χ0v) is 19.0. The molecule has 0 saturated carbocycles. The highest BCUT2D eigenvalue weighted by Gasteiger charge is 2.25. The second-order valence-corrected chi connectivity index (χ2v) is 8.00. The molecule has 4 aromatic rings. The number of fused-ring (bicyclic) bond motifs is 1. The predicted octanol–water partition coefficient (Wildman–Crippen LogP) is 4.29. The average molecular weight is 456 g/mol. The van der Waals surface area contributed by atoms with Crippen LogP contribution in [-0.2, 0) is 6.42 Å². The van der Waals surface area contributed by atoms with Crippen molar-refractivity contribution in [1.82, 2.24) is 15.1 Å². The first kappa shape index (κ1) is 21.6. The molecule has 0 aliphatic carbocycles. The van der Waals surface area contributed by atoms with Crippen LogP contribution >= 0.6 is 0 Å². The lowest BCUT2D eigenvalue weighted by molar-refractivity contribution is 0.0934. The van der Waals surface area contributed by atoms with Crippen LogP contribution in [-0.4, -0.2) is 42.6 Å². The van der Waals surface area contributed by atoms with Crippen molar-refractivity contribution >= 4 is 5.91 Å². The maximum atomic E-state index is 13.4. The normalized spacial score (nSPS) is 14.2. The standard InChI is InChI=1S/C27H25N3O4/c1-32-20-12-13-22(25(15-20)33-2)26-23(17-30(29-26)19-9-4-3-5-10-19)27(31)28-16-21-14-18-8-6-7-11-24(18)34-21/h3-13,15,17,21H,14,16H2,1-2H3,(H,28,31). The van der Waals surface area contributed by atoms with Crippen LogP contribution in [0.2, 0.25) is 0 Å². The fourth-order valence-corrected chi connectivity index (χ4v) is 4.12. The van der Waals surface area contributed by atoms with E-state index in [1.807, 2.05) is 60.7 Å². The Kier molecular flexibility index (Phi) is 5.91. The van der Waals surface area contributed by atoms with Gasteiger partial charge in [-0.25, -0.2) is 4.68 Å². The van der Waals surface area contributed by atoms with Crippen molar-refractivity contribution < 1.29 is 19.0 Å². The zero-order valence-electron chi connectivity index (χ0n) is 19.0. The van der Waals surface area contributed by atoms with Crippen molar-refractivity contribution in [3.05, 3.63) is 90.1 Å². The van der Waals surface area contributed by atoms with Crippen LogP contribution in [0, 0.1) is 0 Å². The minimum absolute atomic E-state index is 0.107. The molecule has 0 saturated heterocycles. The van der Waals surface area contributed by atoms with E-state index in [1.165, 1.54) is 0 Å². The largest absolute Gasteiger partial charge is 0.497 e. The number of aromatic nitrogens is 2. The number of carbonyl (C=O) groups excluding carboxylic acids is 1. The van der Waals surface area contributed by atoms with Crippen LogP contribution in [0.1, 0.15) is 15.9 Å². The van der Waals surface area contributed by atoms with E-state index >= 15 is 0 Å². The summed E-state index contributed by atoms with van der Waals surface area (Å²) in [6.45, 7) is 0.392. The number of methoxy groups -OCH3 is 2. The van der Waals surface area contributed by atoms with E-state index in [2.05, 4.69) is 11.4 Å². The minimum atomic E-state index is -0.227. The number of carbonyl (C=O) groups is 1. The Morgan fingerprint density at radius 1 is 1.06 bits per heavy atom. The Bertz CT molecular complexity index is 1290. The lowest BCUT2D eigenvalue weighted by Crippen LogP contribution is -2.34. The Balaban J connectivity index is 1.45. The molecule has 7 heteroatoms. The van der Waals surface area contributed by atoms with E-state index in [4.69, 9.17) is 19.3 Å². The molecule has 34 heavy (non-hydrogen) atoms. The van der Waals surface area contributed by atoms with Crippen molar-refractivity contribution in [2.75, 3.05) is 20.8 Å². The number of hydrogen-bond donors (Lipinski definition) is 1. The summed E-state index contributed by atoms with van der Waals surface area (Å²) in [6.07, 6.45) is 2.40. The van der Waals surface area contributed by atoms with Gasteiger partial charge in [0, 0.05) is 24.2 Å². The molecule has 7 nitrogen and oxygen atoms in total. The molecule has 1 aliphatic heterocycles. The third-order valence-electron chi connectivity index (χ3n) is 5.85. The van der Waals surface area contributed by atoms with Crippen molar-refractivity contribution in [1.29, 1.82) is 0 Å². The van der Waals surface area contributed by atoms with Crippen LogP contribution in [0.5, 0.6) is 17.2 Å². The molecular formula is C27H25N3O4. The van der Waals surface area contributed by atoms with Crippen LogP contribution < -0.4 is 19.5 Å². The van der Waals surface area contributed by atoms with Crippen LogP contribution in [0.3, 0.4) is 0 Å². The second kappa shape index (κ2) is 9.31. The lowest BCUT2D eigenvalue weighted by Gasteiger charge is -2.13. The minimum Gasteiger partial charge on any atom is -0.497 e. The van der Waals surface area contributed by atoms with Crippen molar-refractivity contribution in [2.24, 2.45) is 0 Å². The van der Waals surface area contributed by atoms with Crippen LogP contribution in [0.25, 0.3) is 16.9 Å². The number of rotatable bonds is 7. The highest BCUT2D eigenvalue weighted by molar-refractivity contribution is 6.00. The van der Waals surface area contributed by atoms with E-state index in [0.717, 1.165) is 23.4 Å². The quantitative estimate of drug-likeness (QED) is 0.450. The summed E-state index contributed by atoms with van der Waals surface area (Å²) in [7, 11) is 3.18. The molecule has 0 fully saturated rings. The molecule has 172 valence electrons. The third kappa shape index (κ3) is 4.20. The van der Waals surface area contributed by atoms with Crippen LogP contribution in [0.4, 0.5) is 0 Å². The molecule has 0 radical (unpaired) electrons. The molecule has 1 aliphatic rings. The molecule has 0 bridgehead atoms. The molecule has 1 unspecified atom stereocenters. The van der Waals surface area contributed by atoms with E-state index < -0.39 is 0 Å². The van der Waals surface area contributed by atoms with Gasteiger partial charge in [-0.05, 0) is 35.9 Å². The number of nitrogens with one attached hydrogen (secondary N) is 1. The van der Waals surface area contributed by atoms with Gasteiger partial charge < -0.3 is 19.5 Å². The Morgan fingerprint density at radius 3 is 2.62 bits per heavy atom. The number of benzene rings is 3. The van der Waals surface area contributed by atoms with Crippen molar-refractivity contribution in [3.8, 4) is 34.2 Å². The van der Waals surface area contributed by atoms with Gasteiger partial charge in [-0.3, -0.25) is 4.79 Å². The molecule has 1 amide bonds. The Hall–Kier alpha value is -4.26. The van der Waals surface area contributed by atoms with Gasteiger partial charge in [-0.15, -0.1) is 0 Å². The van der Waals surface area contributed by atoms with Gasteiger partial charge in [0.05, 0.1) is 32.0 Å². The smallest absolute Gasteiger partial charge is 0.255 e. The summed E-state index contributed by atoms with van der Waals surface area (Å²) >= 11 is 0. The lowest BCUT2D eigenvalue weighted by atomic mass is 10.1. The molecule has 1 atom stereocenters. The topological polar surface area (TPSA) is 74.6 Å². The van der Waals surface area contributed by atoms with Crippen LogP contribution in [0.15, 0.2) is 79.0 Å². The van der Waals surface area contributed by atoms with Gasteiger partial charge in [-0.2, -0.15) is 5.10 Å². The van der Waals surface area contributed by atoms with Crippen molar-refractivity contribution in [3.63, 3.8) is 0 Å². The Morgan fingerprint density at radius 2 is 1.85 bits per heavy atom. The van der Waals surface area contributed by atoms with Gasteiger partial charge in [-0.1, -0.05) is 36.4 Å². The molecule has 1 aromatic heterocycles. The summed E-state index contributed by atoms with van der Waals surface area (Å²) in [5.41, 5.74) is 3.68. The number of hydrogen-bond acceptors (Lipinski definition) is 5. The number of amides is 1. The van der Waals surface area contributed by atoms with E-state index in [9.17, 15) is 4.79 Å². The number of nitrogens with zero attached hydrogens (tertiary/aromatic N) is 2. The summed E-state index contributed by atoms with van der Waals surface area (Å²) in [4.78, 5) is 13.4. The first-order valence-corrected chi connectivity index (χ1v) is 11.1. The average Bonchev–Trinajstić information content (AvgIpc) is 3.52. The Labute approximate surface area is 197 Å². The van der Waals surface area contributed by atoms with Gasteiger partial charge in [0.2, 0.25) is 0 Å². The van der Waals surface area contributed by atoms with E-state index in [0.29, 0.717) is 34.9 Å². The molecule has 3 aromatic carbocycles. The third-order valence-corrected chi connectivity index (χ3v) is 5.85. The SMILES string of the molecule is COc1ccc(-c2nn(-c3ccccc3)cc2C(=O)NCC2Cc3ccccc3O2)c(OC)c1. The maximum absolute atomic E-state index is 13.4. The van der Waals surface area contributed by atoms with Gasteiger partial charge in [0.25, 0.3) is 5.91 Å². The first-order valence-electron chi connectivity index (χ1n) is 11.1. The summed E-state index contributed by atoms with van der Waals surface area (Å²) in [5.74, 6) is 1.88. The fourth-order valence-electron chi connectivity index (χ4n) is 4.12. The number of ether oxygens (including phenoxy) is 3. The first-order chi connectivity index (χ1) is 16.7. The van der Waals surface area contributed by atoms with Crippen molar-refractivity contribution in [2.45, 2.75) is 12.5 Å². The molecule has 5 rings (SSSR count). The maximum Gasteiger partial charge on any atom is 0.255 e. The molecule has 1 N–H and O–H groups in total. The molecule has 0 spiro atoms. The summed E-state index contributed by atoms with van der Waals surface area (Å²) in [6, 6.07) is 23.1. The summed E-state index contributed by atoms with van der Waals surface area (Å²) in [5, 5.41) is 7.78. The van der Waals surface area contributed by atoms with Gasteiger partial charge in [0.1, 0.15) is 29.0 Å². The predicted molar refractivity (Wildman–Crippen MR) is 129 cm³/mol. The van der Waals surface area contributed by atoms with Gasteiger partial charge in [0.15, 0.2) is 0 Å². The number of para-hydroxylation sites is 2. The molecular weight excluding hydrogens is 430 g/mol. The summed E-state index contributed by atoms with van der Waals surface area (Å²) < 4.78 is 18.6. The monoisotopic (exact) mass is 455 g/mol. The van der Waals surface area contributed by atoms with E-state index in [1.54, 1.807) is 31.2 Å². The second-order valence-electron chi connectivity index (χ2n) is 8.00.